The van der Waals surface area contributed by atoms with Crippen molar-refractivity contribution in [2.45, 2.75) is 35.5 Å². The molecular weight excluding hydrogens is 1150 g/mol. The quantitative estimate of drug-likeness (QED) is 0.0531. The first-order valence-corrected chi connectivity index (χ1v) is 33.2. The van der Waals surface area contributed by atoms with Crippen molar-refractivity contribution in [3.8, 4) is 11.4 Å². The predicted molar refractivity (Wildman–Crippen MR) is 390 cm³/mol. The second-order valence-corrected chi connectivity index (χ2v) is 24.9. The molecular formula is C93H73N2+. The fourth-order valence-corrected chi connectivity index (χ4v) is 14.9. The molecule has 15 aromatic rings. The van der Waals surface area contributed by atoms with Crippen molar-refractivity contribution < 1.29 is 4.57 Å². The van der Waals surface area contributed by atoms with E-state index in [4.69, 9.17) is 0 Å². The molecule has 0 amide bonds. The van der Waals surface area contributed by atoms with Crippen molar-refractivity contribution in [1.82, 2.24) is 4.57 Å². The number of hydrogen-bond acceptors (Lipinski definition) is 0. The van der Waals surface area contributed by atoms with E-state index >= 15 is 0 Å². The van der Waals surface area contributed by atoms with Gasteiger partial charge in [0, 0.05) is 57.8 Å². The number of benzene rings is 14. The lowest BCUT2D eigenvalue weighted by atomic mass is 9.75. The molecule has 1 heterocycles. The van der Waals surface area contributed by atoms with Gasteiger partial charge in [-0.2, -0.15) is 0 Å². The minimum Gasteiger partial charge on any atom is -0.201 e. The molecule has 14 aromatic carbocycles. The Morgan fingerprint density at radius 1 is 0.189 bits per heavy atom. The highest BCUT2D eigenvalue weighted by molar-refractivity contribution is 5.66. The zero-order valence-corrected chi connectivity index (χ0v) is 53.0. The topological polar surface area (TPSA) is 8.81 Å². The second-order valence-electron chi connectivity index (χ2n) is 24.9. The summed E-state index contributed by atoms with van der Waals surface area (Å²) in [5, 5.41) is 0. The number of hydrogen-bond donors (Lipinski definition) is 0. The second kappa shape index (κ2) is 28.0. The molecule has 0 saturated heterocycles. The summed E-state index contributed by atoms with van der Waals surface area (Å²) < 4.78 is 4.95. The van der Waals surface area contributed by atoms with Crippen LogP contribution in [-0.2, 0) is 0 Å². The van der Waals surface area contributed by atoms with Gasteiger partial charge in [-0.1, -0.05) is 364 Å². The molecule has 0 atom stereocenters. The van der Waals surface area contributed by atoms with Gasteiger partial charge in [-0.05, 0) is 102 Å². The monoisotopic (exact) mass is 1220 g/mol. The van der Waals surface area contributed by atoms with Crippen LogP contribution in [0.4, 0.5) is 0 Å². The molecule has 1 aromatic heterocycles. The highest BCUT2D eigenvalue weighted by Crippen LogP contribution is 2.48. The van der Waals surface area contributed by atoms with Crippen LogP contribution in [0.25, 0.3) is 11.4 Å². The first kappa shape index (κ1) is 59.6. The third-order valence-corrected chi connectivity index (χ3v) is 19.0. The SMILES string of the molecule is c1ccc(C(c2ccccc2)c2cc(C(c3ccccc3)c3ccccc3)c(-n3cc[n+](-c4c(C(c5ccccc5)c5ccccc5)cc(C(c5ccccc5)c5ccccc5)cc4C(c4ccccc4)c4ccccc4)c3)c(C(c3ccccc3)c3ccccc3)c2)cc1. The smallest absolute Gasteiger partial charge is 0.201 e. The van der Waals surface area contributed by atoms with Crippen molar-refractivity contribution in [3.05, 3.63) is 507 Å². The van der Waals surface area contributed by atoms with Crippen molar-refractivity contribution >= 4 is 0 Å². The van der Waals surface area contributed by atoms with E-state index in [1.54, 1.807) is 0 Å². The van der Waals surface area contributed by atoms with E-state index in [1.165, 1.54) is 100 Å². The van der Waals surface area contributed by atoms with Crippen molar-refractivity contribution in [2.24, 2.45) is 0 Å². The van der Waals surface area contributed by atoms with Crippen molar-refractivity contribution in [1.29, 1.82) is 0 Å². The van der Waals surface area contributed by atoms with Gasteiger partial charge in [0.25, 0.3) is 6.33 Å². The Morgan fingerprint density at radius 3 is 0.579 bits per heavy atom. The zero-order valence-electron chi connectivity index (χ0n) is 53.0. The van der Waals surface area contributed by atoms with Gasteiger partial charge in [0.05, 0.1) is 0 Å². The lowest BCUT2D eigenvalue weighted by Crippen LogP contribution is -2.33. The van der Waals surface area contributed by atoms with Crippen LogP contribution in [0.2, 0.25) is 0 Å². The van der Waals surface area contributed by atoms with Gasteiger partial charge in [0.15, 0.2) is 0 Å². The molecule has 0 bridgehead atoms. The molecule has 0 radical (unpaired) electrons. The average Bonchev–Trinajstić information content (AvgIpc) is 1.69. The molecule has 0 saturated carbocycles. The maximum absolute atomic E-state index is 2.56. The molecule has 0 unspecified atom stereocenters. The summed E-state index contributed by atoms with van der Waals surface area (Å²) in [6, 6.07) is 144. The standard InChI is InChI=1S/C93H73N2/c1-13-37-68(38-14-1)86(69-39-15-2-16-40-69)80-63-82(88(72-45-21-5-22-46-72)73-47-23-6-24-48-73)92(83(64-80)89(74-49-25-7-26-50-74)75-51-27-8-28-52-75)94-61-62-95(67-94)93-84(90(76-53-29-9-30-54-76)77-55-31-10-32-56-77)65-81(87(70-41-17-3-18-42-70)71-43-19-4-20-44-71)66-85(93)91(78-57-33-11-34-58-78)79-59-35-12-36-60-79/h1-67,86-91H/q+1. The minimum absolute atomic E-state index is 0.0991. The van der Waals surface area contributed by atoms with Gasteiger partial charge >= 0.3 is 0 Å². The molecule has 0 aliphatic heterocycles. The molecule has 454 valence electrons. The van der Waals surface area contributed by atoms with Crippen LogP contribution in [0.3, 0.4) is 0 Å². The molecule has 2 heteroatoms. The van der Waals surface area contributed by atoms with E-state index in [9.17, 15) is 0 Å². The average molecular weight is 1220 g/mol. The van der Waals surface area contributed by atoms with Gasteiger partial charge in [0.2, 0.25) is 0 Å². The molecule has 15 rings (SSSR count). The van der Waals surface area contributed by atoms with Crippen LogP contribution in [0.5, 0.6) is 0 Å². The van der Waals surface area contributed by atoms with Gasteiger partial charge < -0.3 is 0 Å². The highest BCUT2D eigenvalue weighted by atomic mass is 15.1. The van der Waals surface area contributed by atoms with E-state index in [-0.39, 0.29) is 35.5 Å². The Bertz CT molecular complexity index is 4140. The Hall–Kier alpha value is -11.7. The van der Waals surface area contributed by atoms with Gasteiger partial charge in [-0.15, -0.1) is 0 Å². The van der Waals surface area contributed by atoms with Crippen LogP contribution >= 0.6 is 0 Å². The Kier molecular flexibility index (Phi) is 17.6. The number of rotatable bonds is 20. The molecule has 0 aliphatic rings. The van der Waals surface area contributed by atoms with E-state index in [0.29, 0.717) is 0 Å². The molecule has 0 N–H and O–H groups in total. The molecule has 95 heavy (non-hydrogen) atoms. The zero-order chi connectivity index (χ0) is 63.5. The number of aromatic nitrogens is 2. The van der Waals surface area contributed by atoms with Crippen LogP contribution in [0, 0.1) is 0 Å². The first-order chi connectivity index (χ1) is 47.2. The summed E-state index contributed by atoms with van der Waals surface area (Å²) in [7, 11) is 0. The third kappa shape index (κ3) is 12.6. The Morgan fingerprint density at radius 2 is 0.368 bits per heavy atom. The fourth-order valence-electron chi connectivity index (χ4n) is 14.9. The van der Waals surface area contributed by atoms with E-state index < -0.39 is 0 Å². The summed E-state index contributed by atoms with van der Waals surface area (Å²) in [6.07, 6.45) is 7.08. The largest absolute Gasteiger partial charge is 0.254 e. The Labute approximate surface area is 559 Å². The minimum atomic E-state index is -0.194. The lowest BCUT2D eigenvalue weighted by Gasteiger charge is -2.29. The van der Waals surface area contributed by atoms with Crippen molar-refractivity contribution in [3.63, 3.8) is 0 Å². The number of imidazole rings is 1. The van der Waals surface area contributed by atoms with Gasteiger partial charge in [-0.3, -0.25) is 0 Å². The summed E-state index contributed by atoms with van der Waals surface area (Å²) in [6.45, 7) is 0. The summed E-state index contributed by atoms with van der Waals surface area (Å²) in [5.41, 5.74) is 24.1. The normalized spacial score (nSPS) is 11.5. The van der Waals surface area contributed by atoms with Crippen LogP contribution in [-0.4, -0.2) is 4.57 Å². The highest BCUT2D eigenvalue weighted by Gasteiger charge is 2.37. The summed E-state index contributed by atoms with van der Waals surface area (Å²) in [5.74, 6) is -0.973. The maximum Gasteiger partial charge on any atom is 0.254 e. The van der Waals surface area contributed by atoms with Gasteiger partial charge in [-0.25, -0.2) is 9.13 Å². The first-order valence-electron chi connectivity index (χ1n) is 33.2. The van der Waals surface area contributed by atoms with Crippen LogP contribution < -0.4 is 4.57 Å². The van der Waals surface area contributed by atoms with Crippen molar-refractivity contribution in [2.75, 3.05) is 0 Å². The molecule has 2 nitrogen and oxygen atoms in total. The van der Waals surface area contributed by atoms with E-state index in [2.05, 4.69) is 416 Å². The Balaban J connectivity index is 1.10. The molecule has 0 aliphatic carbocycles. The summed E-state index contributed by atoms with van der Waals surface area (Å²) >= 11 is 0. The van der Waals surface area contributed by atoms with Crippen LogP contribution in [0.1, 0.15) is 136 Å². The fraction of sp³-hybridized carbons (Fsp3) is 0.0645. The number of nitrogens with zero attached hydrogens (tertiary/aromatic N) is 2. The maximum atomic E-state index is 2.56. The van der Waals surface area contributed by atoms with E-state index in [0.717, 1.165) is 11.4 Å². The van der Waals surface area contributed by atoms with Crippen LogP contribution in [0.15, 0.2) is 407 Å². The van der Waals surface area contributed by atoms with Gasteiger partial charge in [0.1, 0.15) is 23.8 Å². The molecule has 0 fully saturated rings. The lowest BCUT2D eigenvalue weighted by molar-refractivity contribution is -0.595. The predicted octanol–water partition coefficient (Wildman–Crippen LogP) is 21.8. The third-order valence-electron chi connectivity index (χ3n) is 19.0. The summed E-state index contributed by atoms with van der Waals surface area (Å²) in [4.78, 5) is 0. The molecule has 0 spiro atoms. The van der Waals surface area contributed by atoms with E-state index in [1.807, 2.05) is 0 Å².